The van der Waals surface area contributed by atoms with Crippen LogP contribution in [-0.4, -0.2) is 35.6 Å². The summed E-state index contributed by atoms with van der Waals surface area (Å²) in [5.74, 6) is 0. The summed E-state index contributed by atoms with van der Waals surface area (Å²) in [4.78, 5) is 2.58. The van der Waals surface area contributed by atoms with Crippen molar-refractivity contribution in [2.24, 2.45) is 0 Å². The Hall–Kier alpha value is -0.590. The predicted molar refractivity (Wildman–Crippen MR) is 76.4 cm³/mol. The van der Waals surface area contributed by atoms with Crippen LogP contribution in [0.2, 0.25) is 0 Å². The van der Waals surface area contributed by atoms with E-state index in [9.17, 15) is 5.26 Å². The lowest BCUT2D eigenvalue weighted by Gasteiger charge is -2.37. The quantitative estimate of drug-likeness (QED) is 0.789. The number of hydrogen-bond donors (Lipinski definition) is 1. The molecule has 1 saturated heterocycles. The summed E-state index contributed by atoms with van der Waals surface area (Å²) >= 11 is 0. The van der Waals surface area contributed by atoms with E-state index in [0.29, 0.717) is 6.04 Å². The highest BCUT2D eigenvalue weighted by Gasteiger charge is 2.27. The Kier molecular flexibility index (Phi) is 6.11. The summed E-state index contributed by atoms with van der Waals surface area (Å²) in [5, 5.41) is 12.7. The van der Waals surface area contributed by atoms with Crippen LogP contribution in [0.1, 0.15) is 59.8 Å². The molecule has 1 heterocycles. The van der Waals surface area contributed by atoms with E-state index in [-0.39, 0.29) is 5.54 Å². The van der Waals surface area contributed by atoms with E-state index in [1.54, 1.807) is 0 Å². The van der Waals surface area contributed by atoms with E-state index in [4.69, 9.17) is 0 Å². The molecule has 3 nitrogen and oxygen atoms in total. The maximum Gasteiger partial charge on any atom is 0.105 e. The van der Waals surface area contributed by atoms with Gasteiger partial charge in [-0.3, -0.25) is 5.32 Å². The number of nitrogens with zero attached hydrogens (tertiary/aromatic N) is 2. The number of hydrogen-bond acceptors (Lipinski definition) is 3. The van der Waals surface area contributed by atoms with Gasteiger partial charge in [0.25, 0.3) is 0 Å². The maximum atomic E-state index is 9.36. The zero-order valence-electron chi connectivity index (χ0n) is 12.5. The minimum absolute atomic E-state index is 0.359. The molecule has 18 heavy (non-hydrogen) atoms. The fourth-order valence-electron chi connectivity index (χ4n) is 2.98. The minimum atomic E-state index is -0.385. The van der Waals surface area contributed by atoms with Crippen LogP contribution in [0.4, 0.5) is 0 Å². The summed E-state index contributed by atoms with van der Waals surface area (Å²) in [6.45, 7) is 10.8. The Morgan fingerprint density at radius 3 is 2.72 bits per heavy atom. The molecule has 104 valence electrons. The molecule has 0 aromatic carbocycles. The van der Waals surface area contributed by atoms with Gasteiger partial charge in [0.05, 0.1) is 6.07 Å². The van der Waals surface area contributed by atoms with E-state index in [2.05, 4.69) is 37.1 Å². The van der Waals surface area contributed by atoms with Crippen molar-refractivity contribution >= 4 is 0 Å². The second kappa shape index (κ2) is 7.11. The van der Waals surface area contributed by atoms with Gasteiger partial charge in [0.1, 0.15) is 5.54 Å². The molecule has 3 heteroatoms. The molecule has 0 spiro atoms. The normalized spacial score (nSPS) is 24.8. The van der Waals surface area contributed by atoms with Gasteiger partial charge in [0, 0.05) is 18.6 Å². The van der Waals surface area contributed by atoms with Crippen LogP contribution in [-0.2, 0) is 0 Å². The lowest BCUT2D eigenvalue weighted by molar-refractivity contribution is 0.132. The zero-order chi connectivity index (χ0) is 13.6. The van der Waals surface area contributed by atoms with Crippen molar-refractivity contribution in [2.75, 3.05) is 13.1 Å². The Labute approximate surface area is 113 Å². The van der Waals surface area contributed by atoms with Gasteiger partial charge in [-0.2, -0.15) is 5.26 Å². The van der Waals surface area contributed by atoms with Crippen molar-refractivity contribution in [2.45, 2.75) is 77.4 Å². The van der Waals surface area contributed by atoms with Crippen LogP contribution in [0.3, 0.4) is 0 Å². The van der Waals surface area contributed by atoms with Crippen molar-refractivity contribution in [3.8, 4) is 6.07 Å². The average molecular weight is 251 g/mol. The molecule has 1 aliphatic heterocycles. The van der Waals surface area contributed by atoms with Gasteiger partial charge in [-0.05, 0) is 53.0 Å². The van der Waals surface area contributed by atoms with Crippen molar-refractivity contribution in [3.05, 3.63) is 0 Å². The number of likely N-dealkylation sites (tertiary alicyclic amines) is 1. The minimum Gasteiger partial charge on any atom is -0.300 e. The SMILES string of the molecule is CCC1CCCCN1CCC(C)(C#N)NC(C)C. The molecule has 1 rings (SSSR count). The summed E-state index contributed by atoms with van der Waals surface area (Å²) in [5.41, 5.74) is -0.385. The topological polar surface area (TPSA) is 39.1 Å². The van der Waals surface area contributed by atoms with Crippen LogP contribution >= 0.6 is 0 Å². The second-order valence-electron chi connectivity index (χ2n) is 6.09. The molecule has 1 fully saturated rings. The molecule has 0 amide bonds. The molecular weight excluding hydrogens is 222 g/mol. The van der Waals surface area contributed by atoms with Gasteiger partial charge >= 0.3 is 0 Å². The number of piperidine rings is 1. The molecule has 0 aromatic heterocycles. The van der Waals surface area contributed by atoms with E-state index < -0.39 is 0 Å². The van der Waals surface area contributed by atoms with Crippen molar-refractivity contribution in [1.82, 2.24) is 10.2 Å². The summed E-state index contributed by atoms with van der Waals surface area (Å²) in [6.07, 6.45) is 6.17. The summed E-state index contributed by atoms with van der Waals surface area (Å²) in [7, 11) is 0. The van der Waals surface area contributed by atoms with Crippen molar-refractivity contribution < 1.29 is 0 Å². The highest BCUT2D eigenvalue weighted by atomic mass is 15.2. The van der Waals surface area contributed by atoms with Crippen LogP contribution in [0, 0.1) is 11.3 Å². The summed E-state index contributed by atoms with van der Waals surface area (Å²) < 4.78 is 0. The van der Waals surface area contributed by atoms with E-state index in [1.165, 1.54) is 32.2 Å². The molecule has 0 aromatic rings. The highest BCUT2D eigenvalue weighted by Crippen LogP contribution is 2.21. The van der Waals surface area contributed by atoms with Crippen molar-refractivity contribution in [1.29, 1.82) is 5.26 Å². The second-order valence-corrected chi connectivity index (χ2v) is 6.09. The van der Waals surface area contributed by atoms with Gasteiger partial charge in [0.15, 0.2) is 0 Å². The molecule has 0 aliphatic carbocycles. The third kappa shape index (κ3) is 4.59. The van der Waals surface area contributed by atoms with Crippen LogP contribution in [0.25, 0.3) is 0 Å². The Morgan fingerprint density at radius 1 is 1.44 bits per heavy atom. The molecule has 2 atom stereocenters. The third-order valence-electron chi connectivity index (χ3n) is 3.97. The fourth-order valence-corrected chi connectivity index (χ4v) is 2.98. The fraction of sp³-hybridized carbons (Fsp3) is 0.933. The molecule has 0 bridgehead atoms. The number of nitrogens with one attached hydrogen (secondary N) is 1. The molecule has 2 unspecified atom stereocenters. The Morgan fingerprint density at radius 2 is 2.17 bits per heavy atom. The first-order chi connectivity index (χ1) is 8.50. The zero-order valence-corrected chi connectivity index (χ0v) is 12.5. The van der Waals surface area contributed by atoms with Gasteiger partial charge in [0.2, 0.25) is 0 Å². The number of rotatable bonds is 6. The standard InChI is InChI=1S/C15H29N3/c1-5-14-8-6-7-10-18(14)11-9-15(4,12-16)17-13(2)3/h13-14,17H,5-11H2,1-4H3. The first-order valence-corrected chi connectivity index (χ1v) is 7.43. The molecule has 1 N–H and O–H groups in total. The smallest absolute Gasteiger partial charge is 0.105 e. The van der Waals surface area contributed by atoms with Crippen LogP contribution in [0.15, 0.2) is 0 Å². The Bertz CT molecular complexity index is 282. The van der Waals surface area contributed by atoms with Crippen LogP contribution < -0.4 is 5.32 Å². The highest BCUT2D eigenvalue weighted by molar-refractivity contribution is 5.05. The molecule has 0 radical (unpaired) electrons. The first kappa shape index (κ1) is 15.5. The van der Waals surface area contributed by atoms with E-state index in [1.807, 2.05) is 6.92 Å². The van der Waals surface area contributed by atoms with E-state index >= 15 is 0 Å². The van der Waals surface area contributed by atoms with Gasteiger partial charge < -0.3 is 4.90 Å². The monoisotopic (exact) mass is 251 g/mol. The lowest BCUT2D eigenvalue weighted by Crippen LogP contribution is -2.49. The number of nitriles is 1. The molecular formula is C15H29N3. The van der Waals surface area contributed by atoms with Gasteiger partial charge in [-0.15, -0.1) is 0 Å². The largest absolute Gasteiger partial charge is 0.300 e. The molecule has 0 saturated carbocycles. The summed E-state index contributed by atoms with van der Waals surface area (Å²) in [6, 6.07) is 3.54. The average Bonchev–Trinajstić information content (AvgIpc) is 2.36. The van der Waals surface area contributed by atoms with Crippen LogP contribution in [0.5, 0.6) is 0 Å². The predicted octanol–water partition coefficient (Wildman–Crippen LogP) is 2.92. The van der Waals surface area contributed by atoms with Gasteiger partial charge in [-0.1, -0.05) is 13.3 Å². The van der Waals surface area contributed by atoms with Crippen molar-refractivity contribution in [3.63, 3.8) is 0 Å². The van der Waals surface area contributed by atoms with E-state index in [0.717, 1.165) is 19.0 Å². The third-order valence-corrected chi connectivity index (χ3v) is 3.97. The lowest BCUT2D eigenvalue weighted by atomic mass is 9.95. The first-order valence-electron chi connectivity index (χ1n) is 7.43. The molecule has 1 aliphatic rings. The van der Waals surface area contributed by atoms with Gasteiger partial charge in [-0.25, -0.2) is 0 Å². The Balaban J connectivity index is 2.48. The maximum absolute atomic E-state index is 9.36.